The first-order valence-electron chi connectivity index (χ1n) is 9.41. The van der Waals surface area contributed by atoms with Gasteiger partial charge in [-0.05, 0) is 0 Å². The predicted molar refractivity (Wildman–Crippen MR) is 107 cm³/mol. The Morgan fingerprint density at radius 1 is 1.26 bits per heavy atom. The number of hydrogen-bond acceptors (Lipinski definition) is 7. The van der Waals surface area contributed by atoms with E-state index in [2.05, 4.69) is 21.6 Å². The van der Waals surface area contributed by atoms with Crippen LogP contribution < -0.4 is 20.9 Å². The summed E-state index contributed by atoms with van der Waals surface area (Å²) in [5.41, 5.74) is 9.17. The van der Waals surface area contributed by atoms with Crippen molar-refractivity contribution in [1.82, 2.24) is 5.48 Å². The number of hydrogen-bond donors (Lipinski definition) is 4. The van der Waals surface area contributed by atoms with Crippen molar-refractivity contribution in [2.45, 2.75) is 71.8 Å². The monoisotopic (exact) mass is 445 g/mol. The van der Waals surface area contributed by atoms with Crippen molar-refractivity contribution in [3.8, 4) is 0 Å². The number of unbranched alkanes of at least 4 members (excludes halogenated alkanes) is 4. The quantitative estimate of drug-likeness (QED) is 0.121. The third-order valence-corrected chi connectivity index (χ3v) is 7.35. The van der Waals surface area contributed by atoms with Crippen LogP contribution in [0.2, 0.25) is 0 Å². The first kappa shape index (κ1) is 23.7. The molecule has 0 aliphatic carbocycles. The van der Waals surface area contributed by atoms with Crippen molar-refractivity contribution in [3.05, 3.63) is 18.2 Å². The zero-order chi connectivity index (χ0) is 20.3. The normalized spacial score (nSPS) is 14.5. The molecule has 27 heavy (non-hydrogen) atoms. The van der Waals surface area contributed by atoms with Crippen molar-refractivity contribution in [2.24, 2.45) is 0 Å². The van der Waals surface area contributed by atoms with E-state index in [-0.39, 0.29) is 22.0 Å². The zero-order valence-electron chi connectivity index (χ0n) is 16.4. The molecule has 0 saturated carbocycles. The van der Waals surface area contributed by atoms with Crippen molar-refractivity contribution < 1.29 is 21.5 Å². The first-order valence-corrected chi connectivity index (χ1v) is 12.6. The van der Waals surface area contributed by atoms with Crippen LogP contribution in [0.5, 0.6) is 0 Å². The van der Waals surface area contributed by atoms with Gasteiger partial charge in [-0.15, -0.1) is 0 Å². The predicted octanol–water partition coefficient (Wildman–Crippen LogP) is 2.95. The molecule has 0 bridgehead atoms. The van der Waals surface area contributed by atoms with Crippen LogP contribution in [0, 0.1) is 0 Å². The van der Waals surface area contributed by atoms with E-state index in [0.717, 1.165) is 25.7 Å². The minimum absolute atomic E-state index is 0.0000967. The Labute approximate surface area is 164 Å². The molecule has 0 aliphatic heterocycles. The van der Waals surface area contributed by atoms with E-state index in [1.54, 1.807) is 0 Å². The fourth-order valence-corrected chi connectivity index (χ4v) is 4.85. The number of nitrogen functional groups attached to an aromatic ring is 1. The second kappa shape index (κ2) is 12.2. The summed E-state index contributed by atoms with van der Waals surface area (Å²) in [5, 5.41) is 11.8. The van der Waals surface area contributed by atoms with Gasteiger partial charge in [-0.1, -0.05) is 0 Å². The van der Waals surface area contributed by atoms with Gasteiger partial charge < -0.3 is 0 Å². The second-order valence-electron chi connectivity index (χ2n) is 6.55. The van der Waals surface area contributed by atoms with E-state index < -0.39 is 14.2 Å². The number of carbonyl (C=O) groups is 1. The topological polar surface area (TPSA) is 123 Å². The van der Waals surface area contributed by atoms with Gasteiger partial charge in [-0.3, -0.25) is 0 Å². The summed E-state index contributed by atoms with van der Waals surface area (Å²) >= 11 is -4.75. The fraction of sp³-hybridized carbons (Fsp3) is 0.611. The molecule has 1 amide bonds. The Balaban J connectivity index is 2.74. The molecule has 0 fully saturated rings. The molecule has 9 heteroatoms. The number of rotatable bonds is 13. The van der Waals surface area contributed by atoms with Gasteiger partial charge in [0, 0.05) is 0 Å². The molecule has 0 aromatic heterocycles. The molecule has 1 aromatic carbocycles. The van der Waals surface area contributed by atoms with Crippen LogP contribution in [-0.2, 0) is 16.2 Å². The van der Waals surface area contributed by atoms with Crippen LogP contribution >= 0.6 is 0 Å². The third-order valence-electron chi connectivity index (χ3n) is 4.26. The van der Waals surface area contributed by atoms with E-state index in [0.29, 0.717) is 5.69 Å². The maximum atomic E-state index is 12.9. The molecule has 0 aliphatic rings. The Bertz CT molecular complexity index is 641. The van der Waals surface area contributed by atoms with Crippen LogP contribution in [0.4, 0.5) is 11.4 Å². The molecular weight excluding hydrogens is 413 g/mol. The van der Waals surface area contributed by atoms with Crippen LogP contribution in [0.25, 0.3) is 0 Å². The Morgan fingerprint density at radius 3 is 2.56 bits per heavy atom. The fourth-order valence-electron chi connectivity index (χ4n) is 2.61. The summed E-state index contributed by atoms with van der Waals surface area (Å²) in [6, 6.07) is 4.31. The van der Waals surface area contributed by atoms with Gasteiger partial charge >= 0.3 is 164 Å². The molecule has 1 aromatic rings. The molecule has 8 nitrogen and oxygen atoms in total. The molecule has 0 radical (unpaired) electrons. The number of hydroxylamine groups is 1. The van der Waals surface area contributed by atoms with E-state index in [4.69, 9.17) is 9.56 Å². The van der Waals surface area contributed by atoms with Crippen LogP contribution in [-0.4, -0.2) is 31.4 Å². The van der Waals surface area contributed by atoms with E-state index in [1.807, 2.05) is 6.92 Å². The summed E-state index contributed by atoms with van der Waals surface area (Å²) in [6.45, 7) is 5.51. The summed E-state index contributed by atoms with van der Waals surface area (Å²) in [5.74, 6) is -0.320. The Hall–Kier alpha value is -1.31. The number of nitrogens with two attached hydrogens (primary N) is 1. The molecule has 1 rings (SSSR count). The third kappa shape index (κ3) is 8.07. The van der Waals surface area contributed by atoms with Crippen LogP contribution in [0.1, 0.15) is 65.7 Å². The van der Waals surface area contributed by atoms with Crippen LogP contribution in [0.15, 0.2) is 18.2 Å². The molecular formula is C18H32AsN3O5. The summed E-state index contributed by atoms with van der Waals surface area (Å²) in [7, 11) is 0. The molecule has 0 saturated heterocycles. The summed E-state index contributed by atoms with van der Waals surface area (Å²) in [4.78, 5) is 11.3. The average Bonchev–Trinajstić information content (AvgIpc) is 2.65. The molecule has 0 heterocycles. The first-order chi connectivity index (χ1) is 12.9. The number of amides is 1. The van der Waals surface area contributed by atoms with Crippen molar-refractivity contribution in [2.75, 3.05) is 11.1 Å². The maximum absolute atomic E-state index is 12.9. The number of nitrogens with one attached hydrogen (secondary N) is 2. The minimum atomic E-state index is -4.75. The van der Waals surface area contributed by atoms with Gasteiger partial charge in [-0.2, -0.15) is 0 Å². The van der Waals surface area contributed by atoms with Crippen molar-refractivity contribution in [3.63, 3.8) is 0 Å². The van der Waals surface area contributed by atoms with E-state index in [9.17, 15) is 13.8 Å². The number of benzene rings is 1. The van der Waals surface area contributed by atoms with E-state index in [1.165, 1.54) is 44.4 Å². The molecule has 154 valence electrons. The van der Waals surface area contributed by atoms with Gasteiger partial charge in [0.05, 0.1) is 0 Å². The van der Waals surface area contributed by atoms with Crippen LogP contribution in [0.3, 0.4) is 0 Å². The SMILES string of the molecule is CCCCCCCC(CC)NO[As](=O)(OO)c1ccc(N)c(NC(C)=O)c1. The molecule has 2 unspecified atom stereocenters. The Kier molecular flexibility index (Phi) is 10.7. The molecule has 0 spiro atoms. The van der Waals surface area contributed by atoms with Crippen molar-refractivity contribution >= 4 is 35.8 Å². The van der Waals surface area contributed by atoms with Crippen molar-refractivity contribution in [1.29, 1.82) is 0 Å². The summed E-state index contributed by atoms with van der Waals surface area (Å²) in [6.07, 6.45) is 7.47. The number of anilines is 2. The van der Waals surface area contributed by atoms with Gasteiger partial charge in [0.1, 0.15) is 0 Å². The van der Waals surface area contributed by atoms with Gasteiger partial charge in [0.15, 0.2) is 0 Å². The zero-order valence-corrected chi connectivity index (χ0v) is 18.2. The second-order valence-corrected chi connectivity index (χ2v) is 10.4. The van der Waals surface area contributed by atoms with Gasteiger partial charge in [0.25, 0.3) is 0 Å². The Morgan fingerprint density at radius 2 is 1.96 bits per heavy atom. The number of carbonyl (C=O) groups excluding carboxylic acids is 1. The standard InChI is InChI=1S/C18H32AsN3O5/c1-4-6-7-8-9-10-16(5-2)22-26-19(24,27-25)15-11-12-17(20)18(13-15)21-14(3)23/h11-13,16,22,25H,4-10,20H2,1-3H3,(H,21,23). The van der Waals surface area contributed by atoms with Gasteiger partial charge in [-0.25, -0.2) is 0 Å². The summed E-state index contributed by atoms with van der Waals surface area (Å²) < 4.78 is 22.6. The van der Waals surface area contributed by atoms with Gasteiger partial charge in [0.2, 0.25) is 0 Å². The van der Waals surface area contributed by atoms with E-state index >= 15 is 0 Å². The molecule has 2 atom stereocenters. The average molecular weight is 445 g/mol. The molecule has 5 N–H and O–H groups in total.